The molecule has 0 radical (unpaired) electrons. The average Bonchev–Trinajstić information content (AvgIpc) is 1.97. The highest BCUT2D eigenvalue weighted by molar-refractivity contribution is 4.89. The van der Waals surface area contributed by atoms with E-state index in [2.05, 4.69) is 4.74 Å². The van der Waals surface area contributed by atoms with Gasteiger partial charge in [-0.1, -0.05) is 0 Å². The van der Waals surface area contributed by atoms with Gasteiger partial charge in [0.15, 0.2) is 0 Å². The molecule has 0 heterocycles. The van der Waals surface area contributed by atoms with E-state index in [1.807, 2.05) is 0 Å². The molecule has 0 spiro atoms. The molecule has 1 unspecified atom stereocenters. The molecule has 0 fully saturated rings. The third-order valence-electron chi connectivity index (χ3n) is 1.25. The molecular weight excluding hydrogens is 278 g/mol. The van der Waals surface area contributed by atoms with E-state index in [-0.39, 0.29) is 0 Å². The lowest BCUT2D eigenvalue weighted by Gasteiger charge is -2.27. The van der Waals surface area contributed by atoms with E-state index in [0.717, 1.165) is 0 Å². The Kier molecular flexibility index (Phi) is 4.29. The van der Waals surface area contributed by atoms with Crippen molar-refractivity contribution in [2.45, 2.75) is 24.6 Å². The summed E-state index contributed by atoms with van der Waals surface area (Å²) in [5.74, 6) is -5.61. The molecule has 0 bridgehead atoms. The van der Waals surface area contributed by atoms with Crippen molar-refractivity contribution in [1.29, 1.82) is 0 Å². The van der Waals surface area contributed by atoms with Crippen LogP contribution in [0.2, 0.25) is 0 Å². The van der Waals surface area contributed by atoms with Crippen LogP contribution in [0.1, 0.15) is 6.42 Å². The summed E-state index contributed by atoms with van der Waals surface area (Å²) in [4.78, 5) is 0. The van der Waals surface area contributed by atoms with Crippen molar-refractivity contribution in [3.05, 3.63) is 12.1 Å². The smallest absolute Gasteiger partial charge is 0.420 e. The minimum absolute atomic E-state index is 2.39. The first-order chi connectivity index (χ1) is 7.28. The Morgan fingerprint density at radius 1 is 0.824 bits per heavy atom. The maximum atomic E-state index is 12.7. The van der Waals surface area contributed by atoms with Gasteiger partial charge in [-0.15, -0.1) is 0 Å². The Morgan fingerprint density at radius 2 is 1.24 bits per heavy atom. The Morgan fingerprint density at radius 3 is 1.47 bits per heavy atom. The molecule has 0 amide bonds. The minimum Gasteiger partial charge on any atom is -0.420 e. The topological polar surface area (TPSA) is 9.23 Å². The zero-order chi connectivity index (χ0) is 14.1. The molecule has 0 aliphatic carbocycles. The molecule has 17 heavy (non-hydrogen) atoms. The first kappa shape index (κ1) is 15.8. The minimum atomic E-state index is -6.34. The Bertz CT molecular complexity index is 297. The molecule has 0 saturated heterocycles. The van der Waals surface area contributed by atoms with Gasteiger partial charge in [-0.25, -0.2) is 0 Å². The van der Waals surface area contributed by atoms with Gasteiger partial charge in [0.05, 0.1) is 0 Å². The molecule has 0 N–H and O–H groups in total. The van der Waals surface area contributed by atoms with Gasteiger partial charge in [-0.2, -0.15) is 43.9 Å². The molecule has 0 aliphatic rings. The summed E-state index contributed by atoms with van der Waals surface area (Å²) in [6, 6.07) is -3.37. The van der Waals surface area contributed by atoms with Crippen molar-refractivity contribution in [3.8, 4) is 0 Å². The van der Waals surface area contributed by atoms with Crippen LogP contribution in [0.15, 0.2) is 12.1 Å². The van der Waals surface area contributed by atoms with Crippen LogP contribution in [0.4, 0.5) is 43.9 Å². The average molecular weight is 280 g/mol. The number of hydrogen-bond donors (Lipinski definition) is 0. The van der Waals surface area contributed by atoms with Crippen LogP contribution >= 0.6 is 0 Å². The van der Waals surface area contributed by atoms with Crippen LogP contribution in [0.3, 0.4) is 0 Å². The standard InChI is InChI=1S/C6H2F10O/c7-2(8)3(9)17-4(10,6(14,15)16)1-5(11,12)13/h1H2. The van der Waals surface area contributed by atoms with Gasteiger partial charge < -0.3 is 4.74 Å². The maximum Gasteiger partial charge on any atom is 0.460 e. The highest BCUT2D eigenvalue weighted by Crippen LogP contribution is 2.44. The van der Waals surface area contributed by atoms with Gasteiger partial charge in [0.1, 0.15) is 6.42 Å². The number of alkyl halides is 7. The molecule has 11 heteroatoms. The molecule has 0 aromatic rings. The molecule has 0 aromatic heterocycles. The third-order valence-corrected chi connectivity index (χ3v) is 1.25. The summed E-state index contributed by atoms with van der Waals surface area (Å²) in [6.07, 6.45) is -18.9. The number of halogens is 10. The third kappa shape index (κ3) is 4.69. The Labute approximate surface area is 86.6 Å². The van der Waals surface area contributed by atoms with Crippen LogP contribution in [-0.2, 0) is 4.74 Å². The molecule has 1 atom stereocenters. The summed E-state index contributed by atoms with van der Waals surface area (Å²) in [7, 11) is 0. The van der Waals surface area contributed by atoms with Crippen molar-refractivity contribution < 1.29 is 48.6 Å². The van der Waals surface area contributed by atoms with Gasteiger partial charge in [-0.3, -0.25) is 0 Å². The SMILES string of the molecule is FC(F)=C(F)OC(F)(CC(F)(F)F)C(F)(F)F. The predicted octanol–water partition coefficient (Wildman–Crippen LogP) is 4.22. The quantitative estimate of drug-likeness (QED) is 0.555. The van der Waals surface area contributed by atoms with E-state index >= 15 is 0 Å². The number of ether oxygens (including phenoxy) is 1. The van der Waals surface area contributed by atoms with Crippen molar-refractivity contribution in [2.24, 2.45) is 0 Å². The van der Waals surface area contributed by atoms with Crippen molar-refractivity contribution in [3.63, 3.8) is 0 Å². The summed E-state index contributed by atoms with van der Waals surface area (Å²) in [5.41, 5.74) is 0. The zero-order valence-electron chi connectivity index (χ0n) is 7.39. The van der Waals surface area contributed by atoms with E-state index < -0.39 is 36.7 Å². The first-order valence-corrected chi connectivity index (χ1v) is 3.51. The highest BCUT2D eigenvalue weighted by Gasteiger charge is 2.64. The predicted molar refractivity (Wildman–Crippen MR) is 32.0 cm³/mol. The van der Waals surface area contributed by atoms with Crippen LogP contribution < -0.4 is 0 Å². The van der Waals surface area contributed by atoms with Crippen molar-refractivity contribution in [1.82, 2.24) is 0 Å². The molecular formula is C6H2F10O. The lowest BCUT2D eigenvalue weighted by Crippen LogP contribution is -2.46. The fraction of sp³-hybridized carbons (Fsp3) is 0.667. The Hall–Kier alpha value is -1.16. The lowest BCUT2D eigenvalue weighted by atomic mass is 10.2. The van der Waals surface area contributed by atoms with Crippen LogP contribution in [0.25, 0.3) is 0 Å². The van der Waals surface area contributed by atoms with Crippen molar-refractivity contribution >= 4 is 0 Å². The normalized spacial score (nSPS) is 16.4. The molecule has 0 saturated carbocycles. The second-order valence-electron chi connectivity index (χ2n) is 2.65. The fourth-order valence-electron chi connectivity index (χ4n) is 0.633. The monoisotopic (exact) mass is 280 g/mol. The van der Waals surface area contributed by atoms with E-state index in [1.54, 1.807) is 0 Å². The first-order valence-electron chi connectivity index (χ1n) is 3.51. The fourth-order valence-corrected chi connectivity index (χ4v) is 0.633. The summed E-state index contributed by atoms with van der Waals surface area (Å²) >= 11 is 0. The van der Waals surface area contributed by atoms with E-state index in [9.17, 15) is 43.9 Å². The Balaban J connectivity index is 5.22. The van der Waals surface area contributed by atoms with E-state index in [4.69, 9.17) is 0 Å². The maximum absolute atomic E-state index is 12.7. The van der Waals surface area contributed by atoms with Crippen LogP contribution in [0, 0.1) is 0 Å². The van der Waals surface area contributed by atoms with E-state index in [0.29, 0.717) is 0 Å². The van der Waals surface area contributed by atoms with Gasteiger partial charge in [0.2, 0.25) is 0 Å². The highest BCUT2D eigenvalue weighted by atomic mass is 19.4. The number of hydrogen-bond acceptors (Lipinski definition) is 1. The van der Waals surface area contributed by atoms with E-state index in [1.165, 1.54) is 0 Å². The van der Waals surface area contributed by atoms with Crippen molar-refractivity contribution in [2.75, 3.05) is 0 Å². The van der Waals surface area contributed by atoms with Gasteiger partial charge in [0.25, 0.3) is 0 Å². The second kappa shape index (κ2) is 4.61. The summed E-state index contributed by atoms with van der Waals surface area (Å²) < 4.78 is 120. The van der Waals surface area contributed by atoms with Gasteiger partial charge >= 0.3 is 30.3 Å². The van der Waals surface area contributed by atoms with Crippen LogP contribution in [0.5, 0.6) is 0 Å². The second-order valence-corrected chi connectivity index (χ2v) is 2.65. The van der Waals surface area contributed by atoms with Gasteiger partial charge in [0, 0.05) is 0 Å². The molecule has 0 aromatic carbocycles. The summed E-state index contributed by atoms with van der Waals surface area (Å²) in [6.45, 7) is 0. The lowest BCUT2D eigenvalue weighted by molar-refractivity contribution is -0.353. The molecule has 0 rings (SSSR count). The molecule has 0 aliphatic heterocycles. The largest absolute Gasteiger partial charge is 0.460 e. The van der Waals surface area contributed by atoms with Crippen LogP contribution in [-0.4, -0.2) is 18.2 Å². The summed E-state index contributed by atoms with van der Waals surface area (Å²) in [5, 5.41) is 0. The zero-order valence-corrected chi connectivity index (χ0v) is 7.39. The molecule has 1 nitrogen and oxygen atoms in total. The van der Waals surface area contributed by atoms with Gasteiger partial charge in [-0.05, 0) is 0 Å². The number of rotatable bonds is 3. The molecule has 102 valence electrons.